The Bertz CT molecular complexity index is 569. The predicted molar refractivity (Wildman–Crippen MR) is 78.3 cm³/mol. The van der Waals surface area contributed by atoms with Crippen LogP contribution in [0.2, 0.25) is 0 Å². The zero-order valence-corrected chi connectivity index (χ0v) is 12.4. The zero-order valence-electron chi connectivity index (χ0n) is 12.4. The lowest BCUT2D eigenvalue weighted by Crippen LogP contribution is -2.33. The first-order valence-corrected chi connectivity index (χ1v) is 6.85. The van der Waals surface area contributed by atoms with E-state index in [1.54, 1.807) is 6.92 Å². The summed E-state index contributed by atoms with van der Waals surface area (Å²) in [6.45, 7) is 6.65. The molecule has 9 nitrogen and oxygen atoms in total. The zero-order chi connectivity index (χ0) is 15.3. The van der Waals surface area contributed by atoms with E-state index in [9.17, 15) is 5.11 Å². The van der Waals surface area contributed by atoms with Gasteiger partial charge in [0.15, 0.2) is 0 Å². The normalized spacial score (nSPS) is 13.7. The molecule has 0 aromatic carbocycles. The van der Waals surface area contributed by atoms with Crippen LogP contribution in [0.4, 0.5) is 11.9 Å². The fourth-order valence-corrected chi connectivity index (χ4v) is 1.49. The molecule has 0 saturated carbocycles. The van der Waals surface area contributed by atoms with E-state index in [4.69, 9.17) is 0 Å². The lowest BCUT2D eigenvalue weighted by atomic mass is 10.0. The Morgan fingerprint density at radius 2 is 1.90 bits per heavy atom. The van der Waals surface area contributed by atoms with Gasteiger partial charge < -0.3 is 15.7 Å². The summed E-state index contributed by atoms with van der Waals surface area (Å²) in [6.07, 6.45) is 3.55. The minimum Gasteiger partial charge on any atom is -0.388 e. The summed E-state index contributed by atoms with van der Waals surface area (Å²) in [5.41, 5.74) is -0.821. The molecule has 0 saturated heterocycles. The molecule has 9 heteroatoms. The van der Waals surface area contributed by atoms with Crippen molar-refractivity contribution in [1.29, 1.82) is 0 Å². The maximum Gasteiger partial charge on any atom is 0.258 e. The minimum atomic E-state index is -0.821. The third kappa shape index (κ3) is 4.09. The van der Waals surface area contributed by atoms with Crippen molar-refractivity contribution in [2.24, 2.45) is 0 Å². The third-order valence-corrected chi connectivity index (χ3v) is 2.97. The molecular weight excluding hydrogens is 272 g/mol. The number of nitrogens with zero attached hydrogens (tertiary/aromatic N) is 6. The molecule has 0 spiro atoms. The summed E-state index contributed by atoms with van der Waals surface area (Å²) in [5, 5.41) is 20.1. The highest BCUT2D eigenvalue weighted by molar-refractivity contribution is 5.37. The number of hydrogen-bond donors (Lipinski definition) is 3. The van der Waals surface area contributed by atoms with Gasteiger partial charge in [-0.05, 0) is 20.3 Å². The van der Waals surface area contributed by atoms with Crippen molar-refractivity contribution >= 4 is 11.9 Å². The van der Waals surface area contributed by atoms with Gasteiger partial charge in [0.05, 0.1) is 5.60 Å². The summed E-state index contributed by atoms with van der Waals surface area (Å²) in [7, 11) is 0. The molecule has 3 N–H and O–H groups in total. The van der Waals surface area contributed by atoms with Gasteiger partial charge in [-0.3, -0.25) is 0 Å². The first kappa shape index (κ1) is 15.1. The molecule has 1 atom stereocenters. The number of aliphatic hydroxyl groups is 1. The van der Waals surface area contributed by atoms with Gasteiger partial charge in [-0.1, -0.05) is 6.92 Å². The van der Waals surface area contributed by atoms with Gasteiger partial charge in [-0.2, -0.15) is 24.7 Å². The van der Waals surface area contributed by atoms with Crippen molar-refractivity contribution in [1.82, 2.24) is 29.7 Å². The van der Waals surface area contributed by atoms with Gasteiger partial charge >= 0.3 is 0 Å². The average Bonchev–Trinajstić information content (AvgIpc) is 3.00. The molecule has 114 valence electrons. The second-order valence-electron chi connectivity index (χ2n) is 4.86. The van der Waals surface area contributed by atoms with Gasteiger partial charge in [0, 0.05) is 13.1 Å². The second-order valence-corrected chi connectivity index (χ2v) is 4.86. The minimum absolute atomic E-state index is 0.343. The van der Waals surface area contributed by atoms with E-state index >= 15 is 0 Å². The number of rotatable bonds is 7. The molecule has 2 rings (SSSR count). The van der Waals surface area contributed by atoms with E-state index in [-0.39, 0.29) is 0 Å². The van der Waals surface area contributed by atoms with Crippen LogP contribution in [0.3, 0.4) is 0 Å². The molecule has 2 heterocycles. The highest BCUT2D eigenvalue weighted by atomic mass is 16.3. The van der Waals surface area contributed by atoms with E-state index in [0.29, 0.717) is 37.4 Å². The number of hydrogen-bond acceptors (Lipinski definition) is 8. The van der Waals surface area contributed by atoms with Crippen LogP contribution < -0.4 is 10.6 Å². The van der Waals surface area contributed by atoms with E-state index in [0.717, 1.165) is 0 Å². The van der Waals surface area contributed by atoms with Crippen molar-refractivity contribution in [3.8, 4) is 5.95 Å². The van der Waals surface area contributed by atoms with Crippen LogP contribution in [0.15, 0.2) is 12.7 Å². The van der Waals surface area contributed by atoms with Crippen molar-refractivity contribution in [2.75, 3.05) is 23.7 Å². The van der Waals surface area contributed by atoms with Gasteiger partial charge in [-0.25, -0.2) is 4.98 Å². The van der Waals surface area contributed by atoms with E-state index < -0.39 is 5.60 Å². The topological polar surface area (TPSA) is 114 Å². The lowest BCUT2D eigenvalue weighted by molar-refractivity contribution is 0.0695. The number of nitrogens with one attached hydrogen (secondary N) is 2. The van der Waals surface area contributed by atoms with Crippen molar-refractivity contribution in [2.45, 2.75) is 32.8 Å². The van der Waals surface area contributed by atoms with Crippen LogP contribution in [-0.4, -0.2) is 53.5 Å². The molecule has 1 unspecified atom stereocenters. The maximum atomic E-state index is 10.0. The Kier molecular flexibility index (Phi) is 4.63. The molecule has 0 radical (unpaired) electrons. The molecule has 0 aliphatic rings. The number of anilines is 2. The van der Waals surface area contributed by atoms with Crippen LogP contribution >= 0.6 is 0 Å². The first-order valence-electron chi connectivity index (χ1n) is 6.85. The fourth-order valence-electron chi connectivity index (χ4n) is 1.49. The van der Waals surface area contributed by atoms with Gasteiger partial charge in [0.25, 0.3) is 5.95 Å². The molecule has 0 aliphatic heterocycles. The highest BCUT2D eigenvalue weighted by Gasteiger charge is 2.18. The maximum absolute atomic E-state index is 10.0. The molecule has 0 bridgehead atoms. The summed E-state index contributed by atoms with van der Waals surface area (Å²) >= 11 is 0. The molecule has 2 aromatic rings. The van der Waals surface area contributed by atoms with Gasteiger partial charge in [0.2, 0.25) is 11.9 Å². The van der Waals surface area contributed by atoms with E-state index in [1.807, 2.05) is 13.8 Å². The summed E-state index contributed by atoms with van der Waals surface area (Å²) < 4.78 is 1.45. The summed E-state index contributed by atoms with van der Waals surface area (Å²) in [4.78, 5) is 16.7. The molecule has 0 fully saturated rings. The van der Waals surface area contributed by atoms with Crippen LogP contribution in [0.25, 0.3) is 5.95 Å². The molecule has 0 amide bonds. The van der Waals surface area contributed by atoms with E-state index in [1.165, 1.54) is 17.3 Å². The highest BCUT2D eigenvalue weighted by Crippen LogP contribution is 2.12. The van der Waals surface area contributed by atoms with Crippen molar-refractivity contribution in [3.63, 3.8) is 0 Å². The monoisotopic (exact) mass is 292 g/mol. The smallest absolute Gasteiger partial charge is 0.258 e. The van der Waals surface area contributed by atoms with Gasteiger partial charge in [0.1, 0.15) is 12.7 Å². The Labute approximate surface area is 122 Å². The molecule has 2 aromatic heterocycles. The van der Waals surface area contributed by atoms with Crippen molar-refractivity contribution < 1.29 is 5.11 Å². The number of aromatic nitrogens is 6. The Morgan fingerprint density at radius 3 is 2.48 bits per heavy atom. The van der Waals surface area contributed by atoms with Gasteiger partial charge in [-0.15, -0.1) is 0 Å². The standard InChI is InChI=1S/C12H20N8O/c1-4-12(3,21)6-15-10-17-9(14-5-2)18-11(19-10)20-8-13-7-16-20/h7-8,21H,4-6H2,1-3H3,(H2,14,15,17,18,19). The van der Waals surface area contributed by atoms with Crippen LogP contribution in [0.1, 0.15) is 27.2 Å². The second kappa shape index (κ2) is 6.44. The Morgan fingerprint density at radius 1 is 1.19 bits per heavy atom. The largest absolute Gasteiger partial charge is 0.388 e. The Balaban J connectivity index is 2.24. The fraction of sp³-hybridized carbons (Fsp3) is 0.583. The van der Waals surface area contributed by atoms with Crippen LogP contribution in [0.5, 0.6) is 0 Å². The van der Waals surface area contributed by atoms with Crippen LogP contribution in [-0.2, 0) is 0 Å². The first-order chi connectivity index (χ1) is 10.0. The Hall–Kier alpha value is -2.29. The summed E-state index contributed by atoms with van der Waals surface area (Å²) in [5.74, 6) is 1.17. The molecule has 21 heavy (non-hydrogen) atoms. The van der Waals surface area contributed by atoms with Crippen molar-refractivity contribution in [3.05, 3.63) is 12.7 Å². The summed E-state index contributed by atoms with van der Waals surface area (Å²) in [6, 6.07) is 0. The molecular formula is C12H20N8O. The SMILES string of the molecule is CCNc1nc(NCC(C)(O)CC)nc(-n2cncn2)n1. The lowest BCUT2D eigenvalue weighted by Gasteiger charge is -2.21. The third-order valence-electron chi connectivity index (χ3n) is 2.97. The molecule has 0 aliphatic carbocycles. The predicted octanol–water partition coefficient (Wildman–Crippen LogP) is 0.457. The quantitative estimate of drug-likeness (QED) is 0.674. The average molecular weight is 292 g/mol. The van der Waals surface area contributed by atoms with E-state index in [2.05, 4.69) is 35.7 Å². The van der Waals surface area contributed by atoms with Crippen LogP contribution in [0, 0.1) is 0 Å².